The van der Waals surface area contributed by atoms with Crippen molar-refractivity contribution in [2.45, 2.75) is 26.7 Å². The molecule has 0 aliphatic carbocycles. The van der Waals surface area contributed by atoms with E-state index < -0.39 is 11.9 Å². The quantitative estimate of drug-likeness (QED) is 0.500. The van der Waals surface area contributed by atoms with E-state index in [1.807, 2.05) is 27.9 Å². The zero-order valence-electron chi connectivity index (χ0n) is 11.7. The number of carbonyl (C=O) groups is 2. The number of nitrogens with zero attached hydrogens (tertiary/aromatic N) is 1. The number of hydrogen-bond donors (Lipinski definition) is 1. The van der Waals surface area contributed by atoms with Crippen molar-refractivity contribution in [1.82, 2.24) is 0 Å². The van der Waals surface area contributed by atoms with Gasteiger partial charge in [0, 0.05) is 5.41 Å². The van der Waals surface area contributed by atoms with Crippen LogP contribution in [-0.2, 0) is 9.59 Å². The molecule has 18 heavy (non-hydrogen) atoms. The lowest BCUT2D eigenvalue weighted by atomic mass is 9.85. The van der Waals surface area contributed by atoms with Crippen molar-refractivity contribution in [1.29, 1.82) is 0 Å². The molecule has 0 aliphatic heterocycles. The SMILES string of the molecule is C=C(CCC(C)(C)C[N+](C)(C)CC(=O)O)C(=O)[O-]. The summed E-state index contributed by atoms with van der Waals surface area (Å²) in [5.41, 5.74) is -0.0660. The largest absolute Gasteiger partial charge is 0.545 e. The number of carboxylic acid groups (broad SMARTS) is 2. The minimum Gasteiger partial charge on any atom is -0.545 e. The summed E-state index contributed by atoms with van der Waals surface area (Å²) >= 11 is 0. The molecule has 0 saturated carbocycles. The van der Waals surface area contributed by atoms with Gasteiger partial charge in [0.05, 0.1) is 26.6 Å². The molecule has 0 aromatic rings. The molecule has 0 heterocycles. The van der Waals surface area contributed by atoms with Crippen LogP contribution in [0, 0.1) is 5.41 Å². The first-order valence-corrected chi connectivity index (χ1v) is 5.88. The first-order valence-electron chi connectivity index (χ1n) is 5.88. The molecule has 0 unspecified atom stereocenters. The molecule has 0 aliphatic rings. The van der Waals surface area contributed by atoms with Gasteiger partial charge in [-0.1, -0.05) is 20.4 Å². The smallest absolute Gasteiger partial charge is 0.359 e. The van der Waals surface area contributed by atoms with E-state index >= 15 is 0 Å². The van der Waals surface area contributed by atoms with Gasteiger partial charge in [-0.25, -0.2) is 4.79 Å². The van der Waals surface area contributed by atoms with Gasteiger partial charge in [-0.3, -0.25) is 0 Å². The van der Waals surface area contributed by atoms with Crippen LogP contribution in [0.25, 0.3) is 0 Å². The lowest BCUT2D eigenvalue weighted by Gasteiger charge is -2.36. The third-order valence-corrected chi connectivity index (χ3v) is 2.81. The second-order valence-electron chi connectivity index (χ2n) is 6.20. The summed E-state index contributed by atoms with van der Waals surface area (Å²) < 4.78 is 0.361. The Kier molecular flexibility index (Phi) is 5.55. The molecule has 0 atom stereocenters. The van der Waals surface area contributed by atoms with Crippen LogP contribution >= 0.6 is 0 Å². The molecule has 5 nitrogen and oxygen atoms in total. The molecule has 0 aromatic heterocycles. The molecule has 0 aromatic carbocycles. The third-order valence-electron chi connectivity index (χ3n) is 2.81. The second-order valence-corrected chi connectivity index (χ2v) is 6.20. The summed E-state index contributed by atoms with van der Waals surface area (Å²) in [5.74, 6) is -2.06. The summed E-state index contributed by atoms with van der Waals surface area (Å²) in [6, 6.07) is 0. The predicted molar refractivity (Wildman–Crippen MR) is 66.6 cm³/mol. The molecule has 1 N–H and O–H groups in total. The van der Waals surface area contributed by atoms with Crippen molar-refractivity contribution in [3.05, 3.63) is 12.2 Å². The Balaban J connectivity index is 4.42. The fourth-order valence-electron chi connectivity index (χ4n) is 2.25. The second kappa shape index (κ2) is 6.00. The van der Waals surface area contributed by atoms with E-state index in [-0.39, 0.29) is 17.5 Å². The summed E-state index contributed by atoms with van der Waals surface area (Å²) in [7, 11) is 3.70. The molecule has 0 spiro atoms. The highest BCUT2D eigenvalue weighted by Gasteiger charge is 2.30. The first kappa shape index (κ1) is 16.6. The molecule has 0 radical (unpaired) electrons. The zero-order chi connectivity index (χ0) is 14.6. The third kappa shape index (κ3) is 7.06. The van der Waals surface area contributed by atoms with Gasteiger partial charge < -0.3 is 19.5 Å². The van der Waals surface area contributed by atoms with E-state index in [9.17, 15) is 14.7 Å². The van der Waals surface area contributed by atoms with Crippen molar-refractivity contribution >= 4 is 11.9 Å². The van der Waals surface area contributed by atoms with Crippen LogP contribution in [0.1, 0.15) is 26.7 Å². The lowest BCUT2D eigenvalue weighted by Crippen LogP contribution is -2.49. The highest BCUT2D eigenvalue weighted by molar-refractivity contribution is 5.83. The van der Waals surface area contributed by atoms with E-state index in [1.54, 1.807) is 0 Å². The van der Waals surface area contributed by atoms with E-state index in [2.05, 4.69) is 6.58 Å². The summed E-state index contributed by atoms with van der Waals surface area (Å²) in [4.78, 5) is 21.3. The minimum atomic E-state index is -1.22. The minimum absolute atomic E-state index is 0.0465. The molecule has 0 rings (SSSR count). The molecule has 0 fully saturated rings. The Morgan fingerprint density at radius 1 is 1.33 bits per heavy atom. The molecule has 0 saturated heterocycles. The average molecular weight is 257 g/mol. The number of hydrogen-bond acceptors (Lipinski definition) is 3. The number of carboxylic acids is 2. The van der Waals surface area contributed by atoms with Gasteiger partial charge in [0.1, 0.15) is 0 Å². The summed E-state index contributed by atoms with van der Waals surface area (Å²) in [5, 5.41) is 19.4. The number of carbonyl (C=O) groups excluding carboxylic acids is 1. The van der Waals surface area contributed by atoms with Crippen molar-refractivity contribution in [2.24, 2.45) is 5.41 Å². The molecular weight excluding hydrogens is 234 g/mol. The van der Waals surface area contributed by atoms with Gasteiger partial charge in [0.2, 0.25) is 0 Å². The van der Waals surface area contributed by atoms with E-state index in [0.717, 1.165) is 0 Å². The van der Waals surface area contributed by atoms with Crippen LogP contribution in [0.3, 0.4) is 0 Å². The van der Waals surface area contributed by atoms with Gasteiger partial charge in [-0.2, -0.15) is 0 Å². The van der Waals surface area contributed by atoms with Crippen LogP contribution < -0.4 is 5.11 Å². The van der Waals surface area contributed by atoms with Crippen molar-refractivity contribution in [3.63, 3.8) is 0 Å². The monoisotopic (exact) mass is 257 g/mol. The molecular formula is C13H23NO4. The lowest BCUT2D eigenvalue weighted by molar-refractivity contribution is -0.889. The standard InChI is InChI=1S/C13H23NO4/c1-10(12(17)18)6-7-13(2,3)9-14(4,5)8-11(15)16/h1,6-9H2,2-5H3,(H-,15,16,17,18). The van der Waals surface area contributed by atoms with Crippen LogP contribution in [0.4, 0.5) is 0 Å². The Morgan fingerprint density at radius 3 is 2.22 bits per heavy atom. The van der Waals surface area contributed by atoms with Crippen LogP contribution in [-0.4, -0.2) is 48.7 Å². The van der Waals surface area contributed by atoms with Crippen molar-refractivity contribution in [3.8, 4) is 0 Å². The Bertz CT molecular complexity index is 345. The fraction of sp³-hybridized carbons (Fsp3) is 0.692. The highest BCUT2D eigenvalue weighted by atomic mass is 16.4. The number of aliphatic carboxylic acids is 2. The van der Waals surface area contributed by atoms with Crippen molar-refractivity contribution in [2.75, 3.05) is 27.2 Å². The maximum atomic E-state index is 10.7. The van der Waals surface area contributed by atoms with Gasteiger partial charge in [-0.05, 0) is 18.4 Å². The average Bonchev–Trinajstić information content (AvgIpc) is 2.09. The predicted octanol–water partition coefficient (Wildman–Crippen LogP) is 0.260. The van der Waals surface area contributed by atoms with E-state index in [0.29, 0.717) is 23.9 Å². The van der Waals surface area contributed by atoms with Crippen molar-refractivity contribution < 1.29 is 24.3 Å². The summed E-state index contributed by atoms with van der Waals surface area (Å²) in [6.45, 7) is 8.13. The van der Waals surface area contributed by atoms with Gasteiger partial charge in [0.25, 0.3) is 0 Å². The number of likely N-dealkylation sites (N-methyl/N-ethyl adjacent to an activating group) is 1. The number of rotatable bonds is 8. The molecule has 0 bridgehead atoms. The van der Waals surface area contributed by atoms with Crippen LogP contribution in [0.15, 0.2) is 12.2 Å². The normalized spacial score (nSPS) is 12.2. The van der Waals surface area contributed by atoms with Crippen LogP contribution in [0.2, 0.25) is 0 Å². The molecule has 104 valence electrons. The van der Waals surface area contributed by atoms with Gasteiger partial charge in [-0.15, -0.1) is 0 Å². The van der Waals surface area contributed by atoms with Gasteiger partial charge in [0.15, 0.2) is 6.54 Å². The highest BCUT2D eigenvalue weighted by Crippen LogP contribution is 2.27. The fourth-order valence-corrected chi connectivity index (χ4v) is 2.25. The maximum Gasteiger partial charge on any atom is 0.359 e. The Labute approximate surface area is 108 Å². The van der Waals surface area contributed by atoms with Crippen LogP contribution in [0.5, 0.6) is 0 Å². The molecule has 5 heteroatoms. The topological polar surface area (TPSA) is 77.4 Å². The van der Waals surface area contributed by atoms with E-state index in [4.69, 9.17) is 5.11 Å². The number of quaternary nitrogens is 1. The first-order chi connectivity index (χ1) is 7.95. The van der Waals surface area contributed by atoms with E-state index in [1.165, 1.54) is 0 Å². The maximum absolute atomic E-state index is 10.7. The van der Waals surface area contributed by atoms with Gasteiger partial charge >= 0.3 is 5.97 Å². The Morgan fingerprint density at radius 2 is 1.83 bits per heavy atom. The zero-order valence-corrected chi connectivity index (χ0v) is 11.7. The summed E-state index contributed by atoms with van der Waals surface area (Å²) in [6.07, 6.45) is 1.00. The Hall–Kier alpha value is -1.36. The molecule has 0 amide bonds.